The number of hydrogen-bond donors (Lipinski definition) is 3. The van der Waals surface area contributed by atoms with Crippen LogP contribution in [0.1, 0.15) is 402 Å². The van der Waals surface area contributed by atoms with Crippen molar-refractivity contribution in [2.45, 2.75) is 420 Å². The number of phosphoric acid groups is 2. The van der Waals surface area contributed by atoms with Gasteiger partial charge in [0, 0.05) is 25.7 Å². The van der Waals surface area contributed by atoms with Crippen molar-refractivity contribution in [2.24, 2.45) is 23.7 Å². The lowest BCUT2D eigenvalue weighted by molar-refractivity contribution is -0.161. The van der Waals surface area contributed by atoms with Crippen molar-refractivity contribution in [3.8, 4) is 0 Å². The van der Waals surface area contributed by atoms with Crippen LogP contribution in [0.15, 0.2) is 0 Å². The molecule has 17 nitrogen and oxygen atoms in total. The minimum absolute atomic E-state index is 0.104. The van der Waals surface area contributed by atoms with Crippen LogP contribution in [-0.2, 0) is 65.4 Å². The standard InChI is InChI=1S/C79H154O17P2/c1-9-70(6)56-48-40-32-24-20-18-16-14-12-13-15-17-19-21-27-36-45-53-61-78(83)95-74(65-89-76(81)59-51-43-35-26-23-22-25-33-41-49-57-71(7)10-2)67-93-97(85,86)91-63-73(80)64-92-98(87,88)94-68-75(66-90-77(82)60-52-44-38-30-31-39-47-55-69(4)5)96-79(84)62-54-46-37-29-28-34-42-50-58-72(8)11-3/h69-75,80H,9-68H2,1-8H3,(H,85,86)(H,87,88)/t70?,71?,72?,73?,74-,75-/m1/s1. The highest BCUT2D eigenvalue weighted by Gasteiger charge is 2.30. The van der Waals surface area contributed by atoms with Crippen LogP contribution in [0.2, 0.25) is 0 Å². The molecule has 8 atom stereocenters. The summed E-state index contributed by atoms with van der Waals surface area (Å²) in [6.07, 6.45) is 54.1. The van der Waals surface area contributed by atoms with E-state index in [1.54, 1.807) is 0 Å². The van der Waals surface area contributed by atoms with Crippen LogP contribution in [-0.4, -0.2) is 96.7 Å². The molecule has 19 heteroatoms. The largest absolute Gasteiger partial charge is 0.472 e. The molecule has 0 aliphatic carbocycles. The molecule has 6 unspecified atom stereocenters. The van der Waals surface area contributed by atoms with Crippen LogP contribution in [0.3, 0.4) is 0 Å². The zero-order valence-electron chi connectivity index (χ0n) is 64.4. The lowest BCUT2D eigenvalue weighted by atomic mass is 9.99. The Hall–Kier alpha value is -1.94. The SMILES string of the molecule is CCC(C)CCCCCCCCCCCCCCCCCCCCC(=O)O[C@H](COC(=O)CCCCCCCCCCCCC(C)CC)COP(=O)(O)OCC(O)COP(=O)(O)OC[C@@H](COC(=O)CCCCCCCCCC(C)C)OC(=O)CCCCCCCCCCC(C)CC. The highest BCUT2D eigenvalue weighted by molar-refractivity contribution is 7.47. The maximum absolute atomic E-state index is 13.1. The minimum Gasteiger partial charge on any atom is -0.462 e. The minimum atomic E-state index is -4.96. The van der Waals surface area contributed by atoms with Crippen molar-refractivity contribution in [3.05, 3.63) is 0 Å². The van der Waals surface area contributed by atoms with Crippen LogP contribution in [0.25, 0.3) is 0 Å². The van der Waals surface area contributed by atoms with Crippen molar-refractivity contribution in [1.29, 1.82) is 0 Å². The molecular weight excluding hydrogens is 1280 g/mol. The molecule has 0 spiro atoms. The van der Waals surface area contributed by atoms with E-state index < -0.39 is 97.5 Å². The summed E-state index contributed by atoms with van der Waals surface area (Å²) in [6.45, 7) is 14.3. The summed E-state index contributed by atoms with van der Waals surface area (Å²) in [4.78, 5) is 72.9. The first-order valence-electron chi connectivity index (χ1n) is 40.8. The van der Waals surface area contributed by atoms with Crippen LogP contribution < -0.4 is 0 Å². The van der Waals surface area contributed by atoms with Gasteiger partial charge in [-0.15, -0.1) is 0 Å². The Morgan fingerprint density at radius 2 is 0.490 bits per heavy atom. The third kappa shape index (κ3) is 68.5. The topological polar surface area (TPSA) is 237 Å². The summed E-state index contributed by atoms with van der Waals surface area (Å²) in [5.41, 5.74) is 0. The number of aliphatic hydroxyl groups excluding tert-OH is 1. The Bertz CT molecular complexity index is 1930. The number of esters is 4. The third-order valence-corrected chi connectivity index (χ3v) is 21.3. The molecule has 3 N–H and O–H groups in total. The number of hydrogen-bond acceptors (Lipinski definition) is 15. The van der Waals surface area contributed by atoms with Crippen molar-refractivity contribution >= 4 is 39.5 Å². The molecule has 0 aromatic carbocycles. The smallest absolute Gasteiger partial charge is 0.462 e. The molecule has 0 rings (SSSR count). The van der Waals surface area contributed by atoms with E-state index in [0.29, 0.717) is 31.6 Å². The number of unbranched alkanes of at least 4 members (excludes halogenated alkanes) is 39. The van der Waals surface area contributed by atoms with Gasteiger partial charge in [-0.05, 0) is 49.4 Å². The Labute approximate surface area is 600 Å². The Kier molecular flexibility index (Phi) is 66.8. The van der Waals surface area contributed by atoms with E-state index in [1.807, 2.05) is 0 Å². The Morgan fingerprint density at radius 1 is 0.286 bits per heavy atom. The highest BCUT2D eigenvalue weighted by atomic mass is 31.2. The lowest BCUT2D eigenvalue weighted by Gasteiger charge is -2.21. The van der Waals surface area contributed by atoms with Gasteiger partial charge in [-0.25, -0.2) is 9.13 Å². The highest BCUT2D eigenvalue weighted by Crippen LogP contribution is 2.45. The van der Waals surface area contributed by atoms with Gasteiger partial charge >= 0.3 is 39.5 Å². The fourth-order valence-electron chi connectivity index (χ4n) is 12.0. The van der Waals surface area contributed by atoms with E-state index in [9.17, 15) is 43.2 Å². The maximum atomic E-state index is 13.1. The Balaban J connectivity index is 5.21. The van der Waals surface area contributed by atoms with Gasteiger partial charge in [0.15, 0.2) is 12.2 Å². The molecule has 0 radical (unpaired) electrons. The predicted octanol–water partition coefficient (Wildman–Crippen LogP) is 23.2. The molecule has 98 heavy (non-hydrogen) atoms. The van der Waals surface area contributed by atoms with Gasteiger partial charge in [0.2, 0.25) is 0 Å². The van der Waals surface area contributed by atoms with E-state index in [1.165, 1.54) is 199 Å². The summed E-state index contributed by atoms with van der Waals surface area (Å²) < 4.78 is 68.6. The second kappa shape index (κ2) is 68.2. The molecule has 0 amide bonds. The summed E-state index contributed by atoms with van der Waals surface area (Å²) in [5.74, 6) is 1.04. The molecular formula is C79H154O17P2. The first-order valence-corrected chi connectivity index (χ1v) is 43.8. The number of carbonyl (C=O) groups is 4. The van der Waals surface area contributed by atoms with Crippen LogP contribution in [0.4, 0.5) is 0 Å². The average Bonchev–Trinajstić information content (AvgIpc) is 1.33. The van der Waals surface area contributed by atoms with Gasteiger partial charge in [0.25, 0.3) is 0 Å². The van der Waals surface area contributed by atoms with E-state index in [2.05, 4.69) is 55.4 Å². The number of rotatable bonds is 76. The number of phosphoric ester groups is 2. The number of carbonyl (C=O) groups excluding carboxylic acids is 4. The molecule has 0 saturated heterocycles. The molecule has 582 valence electrons. The summed E-state index contributed by atoms with van der Waals surface area (Å²) in [7, 11) is -9.92. The van der Waals surface area contributed by atoms with E-state index in [0.717, 1.165) is 114 Å². The molecule has 0 aromatic rings. The molecule has 0 heterocycles. The average molecular weight is 1440 g/mol. The zero-order valence-corrected chi connectivity index (χ0v) is 66.2. The molecule has 0 bridgehead atoms. The lowest BCUT2D eigenvalue weighted by Crippen LogP contribution is -2.30. The van der Waals surface area contributed by atoms with Crippen molar-refractivity contribution < 1.29 is 80.2 Å². The number of aliphatic hydroxyl groups is 1. The van der Waals surface area contributed by atoms with Crippen molar-refractivity contribution in [1.82, 2.24) is 0 Å². The normalized spacial score (nSPS) is 14.9. The van der Waals surface area contributed by atoms with Gasteiger partial charge in [-0.2, -0.15) is 0 Å². The molecule has 0 aliphatic heterocycles. The third-order valence-electron chi connectivity index (χ3n) is 19.4. The summed E-state index contributed by atoms with van der Waals surface area (Å²) >= 11 is 0. The molecule has 0 aliphatic rings. The second-order valence-corrected chi connectivity index (χ2v) is 32.6. The van der Waals surface area contributed by atoms with Gasteiger partial charge in [0.05, 0.1) is 26.4 Å². The first-order chi connectivity index (χ1) is 47.2. The van der Waals surface area contributed by atoms with Crippen LogP contribution in [0, 0.1) is 23.7 Å². The van der Waals surface area contributed by atoms with E-state index >= 15 is 0 Å². The van der Waals surface area contributed by atoms with Crippen LogP contribution >= 0.6 is 15.6 Å². The van der Waals surface area contributed by atoms with E-state index in [4.69, 9.17) is 37.0 Å². The Morgan fingerprint density at radius 3 is 0.724 bits per heavy atom. The maximum Gasteiger partial charge on any atom is 0.472 e. The fraction of sp³-hybridized carbons (Fsp3) is 0.949. The van der Waals surface area contributed by atoms with Gasteiger partial charge in [-0.1, -0.05) is 351 Å². The van der Waals surface area contributed by atoms with Gasteiger partial charge in [-0.3, -0.25) is 37.3 Å². The molecule has 0 saturated carbocycles. The number of ether oxygens (including phenoxy) is 4. The molecule has 0 aromatic heterocycles. The zero-order chi connectivity index (χ0) is 72.4. The monoisotopic (exact) mass is 1440 g/mol. The van der Waals surface area contributed by atoms with Gasteiger partial charge in [0.1, 0.15) is 19.3 Å². The second-order valence-electron chi connectivity index (χ2n) is 29.7. The van der Waals surface area contributed by atoms with E-state index in [-0.39, 0.29) is 25.7 Å². The predicted molar refractivity (Wildman–Crippen MR) is 400 cm³/mol. The summed E-state index contributed by atoms with van der Waals surface area (Å²) in [5, 5.41) is 10.6. The van der Waals surface area contributed by atoms with Crippen LogP contribution in [0.5, 0.6) is 0 Å². The fourth-order valence-corrected chi connectivity index (χ4v) is 13.6. The summed E-state index contributed by atoms with van der Waals surface area (Å²) in [6, 6.07) is 0. The first kappa shape index (κ1) is 96.1. The van der Waals surface area contributed by atoms with Gasteiger partial charge < -0.3 is 33.8 Å². The van der Waals surface area contributed by atoms with Crippen molar-refractivity contribution in [2.75, 3.05) is 39.6 Å². The molecule has 0 fully saturated rings. The van der Waals surface area contributed by atoms with Crippen molar-refractivity contribution in [3.63, 3.8) is 0 Å². The quantitative estimate of drug-likeness (QED) is 0.0222.